The smallest absolute Gasteiger partial charge is 0.162 e. The van der Waals surface area contributed by atoms with Gasteiger partial charge >= 0.3 is 0 Å². The first kappa shape index (κ1) is 11.9. The minimum atomic E-state index is -0.142. The zero-order chi connectivity index (χ0) is 12.1. The zero-order valence-corrected chi connectivity index (χ0v) is 9.89. The van der Waals surface area contributed by atoms with Gasteiger partial charge in [-0.1, -0.05) is 30.3 Å². The Morgan fingerprint density at radius 3 is 2.82 bits per heavy atom. The van der Waals surface area contributed by atoms with Crippen LogP contribution in [-0.2, 0) is 20.9 Å². The van der Waals surface area contributed by atoms with Crippen molar-refractivity contribution in [2.45, 2.75) is 26.1 Å². The summed E-state index contributed by atoms with van der Waals surface area (Å²) in [6.07, 6.45) is 1.80. The van der Waals surface area contributed by atoms with Gasteiger partial charge in [0.05, 0.1) is 19.0 Å². The van der Waals surface area contributed by atoms with Crippen molar-refractivity contribution < 1.29 is 14.3 Å². The highest BCUT2D eigenvalue weighted by atomic mass is 16.5. The van der Waals surface area contributed by atoms with Gasteiger partial charge in [-0.15, -0.1) is 0 Å². The van der Waals surface area contributed by atoms with Crippen LogP contribution in [0.2, 0.25) is 0 Å². The molecule has 3 heteroatoms. The first-order chi connectivity index (χ1) is 8.24. The number of allylic oxidation sites excluding steroid dienone is 2. The molecule has 2 rings (SSSR count). The number of hydrogen-bond acceptors (Lipinski definition) is 3. The summed E-state index contributed by atoms with van der Waals surface area (Å²) in [7, 11) is 0. The highest BCUT2D eigenvalue weighted by molar-refractivity contribution is 5.91. The second-order valence-electron chi connectivity index (χ2n) is 4.17. The summed E-state index contributed by atoms with van der Waals surface area (Å²) in [6, 6.07) is 9.95. The van der Waals surface area contributed by atoms with E-state index in [9.17, 15) is 4.79 Å². The molecule has 0 spiro atoms. The quantitative estimate of drug-likeness (QED) is 0.800. The van der Waals surface area contributed by atoms with E-state index in [0.29, 0.717) is 25.4 Å². The Bertz CT molecular complexity index is 409. The molecule has 90 valence electrons. The van der Waals surface area contributed by atoms with E-state index < -0.39 is 0 Å². The fourth-order valence-electron chi connectivity index (χ4n) is 1.82. The minimum Gasteiger partial charge on any atom is -0.492 e. The molecule has 0 saturated carbocycles. The highest BCUT2D eigenvalue weighted by Gasteiger charge is 2.19. The summed E-state index contributed by atoms with van der Waals surface area (Å²) < 4.78 is 11.1. The lowest BCUT2D eigenvalue weighted by Crippen LogP contribution is -2.26. The molecule has 0 bridgehead atoms. The maximum Gasteiger partial charge on any atom is 0.162 e. The largest absolute Gasteiger partial charge is 0.492 e. The fraction of sp³-hybridized carbons (Fsp3) is 0.357. The molecule has 0 saturated heterocycles. The zero-order valence-electron chi connectivity index (χ0n) is 9.89. The van der Waals surface area contributed by atoms with E-state index in [-0.39, 0.29) is 11.9 Å². The Balaban J connectivity index is 1.76. The van der Waals surface area contributed by atoms with Crippen molar-refractivity contribution in [3.05, 3.63) is 47.7 Å². The van der Waals surface area contributed by atoms with E-state index in [0.717, 1.165) is 5.56 Å². The van der Waals surface area contributed by atoms with Crippen LogP contribution in [0.25, 0.3) is 0 Å². The van der Waals surface area contributed by atoms with Crippen LogP contribution in [0.4, 0.5) is 0 Å². The summed E-state index contributed by atoms with van der Waals surface area (Å²) in [6.45, 7) is 2.80. The molecular weight excluding hydrogens is 216 g/mol. The Morgan fingerprint density at radius 1 is 1.35 bits per heavy atom. The lowest BCUT2D eigenvalue weighted by molar-refractivity contribution is -0.120. The molecule has 17 heavy (non-hydrogen) atoms. The molecule has 0 N–H and O–H groups in total. The van der Waals surface area contributed by atoms with Crippen molar-refractivity contribution in [3.63, 3.8) is 0 Å². The summed E-state index contributed by atoms with van der Waals surface area (Å²) >= 11 is 0. The van der Waals surface area contributed by atoms with Gasteiger partial charge in [0.15, 0.2) is 5.78 Å². The second kappa shape index (κ2) is 5.64. The summed E-state index contributed by atoms with van der Waals surface area (Å²) in [5, 5.41) is 0. The first-order valence-electron chi connectivity index (χ1n) is 5.73. The molecule has 1 atom stereocenters. The molecule has 1 aromatic rings. The average Bonchev–Trinajstić information content (AvgIpc) is 2.29. The van der Waals surface area contributed by atoms with Crippen LogP contribution >= 0.6 is 0 Å². The lowest BCUT2D eigenvalue weighted by atomic mass is 10.1. The van der Waals surface area contributed by atoms with Gasteiger partial charge in [0.1, 0.15) is 6.10 Å². The topological polar surface area (TPSA) is 35.5 Å². The Hall–Kier alpha value is -1.61. The van der Waals surface area contributed by atoms with Gasteiger partial charge in [-0.3, -0.25) is 4.79 Å². The third-order valence-corrected chi connectivity index (χ3v) is 2.56. The maximum atomic E-state index is 11.3. The van der Waals surface area contributed by atoms with Crippen molar-refractivity contribution in [3.8, 4) is 0 Å². The molecule has 1 aromatic carbocycles. The average molecular weight is 232 g/mol. The molecular formula is C14H16O3. The molecule has 0 radical (unpaired) electrons. The number of rotatable bonds is 4. The molecule has 3 nitrogen and oxygen atoms in total. The third kappa shape index (κ3) is 3.71. The van der Waals surface area contributed by atoms with Gasteiger partial charge in [-0.2, -0.15) is 0 Å². The van der Waals surface area contributed by atoms with E-state index in [2.05, 4.69) is 0 Å². The Kier molecular flexibility index (Phi) is 3.94. The number of carbonyl (C=O) groups excluding carboxylic acids is 1. The summed E-state index contributed by atoms with van der Waals surface area (Å²) in [5.41, 5.74) is 1.13. The molecule has 0 aromatic heterocycles. The van der Waals surface area contributed by atoms with Crippen molar-refractivity contribution >= 4 is 5.78 Å². The van der Waals surface area contributed by atoms with Crippen molar-refractivity contribution in [2.24, 2.45) is 0 Å². The van der Waals surface area contributed by atoms with Gasteiger partial charge in [-0.25, -0.2) is 0 Å². The van der Waals surface area contributed by atoms with Gasteiger partial charge in [0, 0.05) is 12.5 Å². The molecule has 0 aliphatic carbocycles. The summed E-state index contributed by atoms with van der Waals surface area (Å²) in [5.74, 6) is 0.789. The molecule has 0 fully saturated rings. The molecule has 1 aliphatic heterocycles. The standard InChI is InChI=1S/C14H16O3/c1-11-7-13(15)8-14(17-11)10-16-9-12-5-3-2-4-6-12/h2-7,14H,8-10H2,1H3/t14-/m1/s1. The van der Waals surface area contributed by atoms with E-state index in [4.69, 9.17) is 9.47 Å². The molecule has 0 amide bonds. The minimum absolute atomic E-state index is 0.113. The summed E-state index contributed by atoms with van der Waals surface area (Å²) in [4.78, 5) is 11.3. The van der Waals surface area contributed by atoms with Gasteiger partial charge in [-0.05, 0) is 12.5 Å². The number of benzene rings is 1. The third-order valence-electron chi connectivity index (χ3n) is 2.56. The SMILES string of the molecule is CC1=CC(=O)C[C@H](COCc2ccccc2)O1. The van der Waals surface area contributed by atoms with E-state index in [1.165, 1.54) is 6.08 Å². The van der Waals surface area contributed by atoms with Gasteiger partial charge in [0.2, 0.25) is 0 Å². The predicted molar refractivity (Wildman–Crippen MR) is 64.4 cm³/mol. The molecule has 1 heterocycles. The lowest BCUT2D eigenvalue weighted by Gasteiger charge is -2.22. The Labute approximate surface area is 101 Å². The number of carbonyl (C=O) groups is 1. The van der Waals surface area contributed by atoms with E-state index >= 15 is 0 Å². The first-order valence-corrected chi connectivity index (χ1v) is 5.73. The van der Waals surface area contributed by atoms with Crippen molar-refractivity contribution in [2.75, 3.05) is 6.61 Å². The highest BCUT2D eigenvalue weighted by Crippen LogP contribution is 2.14. The normalized spacial score (nSPS) is 19.7. The van der Waals surface area contributed by atoms with Crippen LogP contribution in [0.1, 0.15) is 18.9 Å². The molecule has 1 aliphatic rings. The maximum absolute atomic E-state index is 11.3. The van der Waals surface area contributed by atoms with Crippen LogP contribution in [0.3, 0.4) is 0 Å². The monoisotopic (exact) mass is 232 g/mol. The van der Waals surface area contributed by atoms with Crippen molar-refractivity contribution in [1.29, 1.82) is 0 Å². The van der Waals surface area contributed by atoms with Gasteiger partial charge in [0.25, 0.3) is 0 Å². The van der Waals surface area contributed by atoms with Crippen LogP contribution in [0, 0.1) is 0 Å². The molecule has 0 unspecified atom stereocenters. The van der Waals surface area contributed by atoms with Crippen LogP contribution in [-0.4, -0.2) is 18.5 Å². The van der Waals surface area contributed by atoms with E-state index in [1.54, 1.807) is 6.92 Å². The van der Waals surface area contributed by atoms with Crippen LogP contribution < -0.4 is 0 Å². The van der Waals surface area contributed by atoms with Gasteiger partial charge < -0.3 is 9.47 Å². The van der Waals surface area contributed by atoms with Crippen LogP contribution in [0.5, 0.6) is 0 Å². The Morgan fingerprint density at radius 2 is 2.12 bits per heavy atom. The predicted octanol–water partition coefficient (Wildman–Crippen LogP) is 2.47. The second-order valence-corrected chi connectivity index (χ2v) is 4.17. The number of ether oxygens (including phenoxy) is 2. The number of ketones is 1. The van der Waals surface area contributed by atoms with E-state index in [1.807, 2.05) is 30.3 Å². The van der Waals surface area contributed by atoms with Crippen molar-refractivity contribution in [1.82, 2.24) is 0 Å². The van der Waals surface area contributed by atoms with Crippen LogP contribution in [0.15, 0.2) is 42.2 Å². The fourth-order valence-corrected chi connectivity index (χ4v) is 1.82. The number of hydrogen-bond donors (Lipinski definition) is 0.